The van der Waals surface area contributed by atoms with Crippen molar-refractivity contribution in [2.45, 2.75) is 13.3 Å². The number of rotatable bonds is 8. The summed E-state index contributed by atoms with van der Waals surface area (Å²) in [6.07, 6.45) is 3.27. The SMILES string of the molecule is O=C(Nc1cnn(COc2cccc(Cl)c2)c1)c1ccc(COc2ccccc2Br)cc1. The van der Waals surface area contributed by atoms with Crippen molar-refractivity contribution in [3.8, 4) is 11.5 Å². The monoisotopic (exact) mass is 511 g/mol. The van der Waals surface area contributed by atoms with Crippen LogP contribution in [0.5, 0.6) is 11.5 Å². The van der Waals surface area contributed by atoms with Crippen LogP contribution >= 0.6 is 27.5 Å². The van der Waals surface area contributed by atoms with E-state index >= 15 is 0 Å². The predicted octanol–water partition coefficient (Wildman–Crippen LogP) is 6.17. The molecule has 1 N–H and O–H groups in total. The molecule has 6 nitrogen and oxygen atoms in total. The number of hydrogen-bond acceptors (Lipinski definition) is 4. The summed E-state index contributed by atoms with van der Waals surface area (Å²) in [6.45, 7) is 0.604. The van der Waals surface area contributed by atoms with Crippen molar-refractivity contribution in [3.05, 3.63) is 106 Å². The van der Waals surface area contributed by atoms with Gasteiger partial charge in [0.25, 0.3) is 5.91 Å². The Balaban J connectivity index is 1.29. The van der Waals surface area contributed by atoms with Gasteiger partial charge < -0.3 is 14.8 Å². The summed E-state index contributed by atoms with van der Waals surface area (Å²) in [5, 5.41) is 7.63. The quantitative estimate of drug-likeness (QED) is 0.307. The number of halogens is 2. The highest BCUT2D eigenvalue weighted by Crippen LogP contribution is 2.24. The van der Waals surface area contributed by atoms with Crippen LogP contribution in [0.1, 0.15) is 15.9 Å². The molecule has 0 spiro atoms. The third-order valence-electron chi connectivity index (χ3n) is 4.50. The molecule has 0 atom stereocenters. The fraction of sp³-hybridized carbons (Fsp3) is 0.0833. The molecule has 0 saturated carbocycles. The maximum Gasteiger partial charge on any atom is 0.255 e. The topological polar surface area (TPSA) is 65.4 Å². The van der Waals surface area contributed by atoms with Crippen molar-refractivity contribution in [3.63, 3.8) is 0 Å². The minimum absolute atomic E-state index is 0.197. The third-order valence-corrected chi connectivity index (χ3v) is 5.39. The molecule has 3 aromatic carbocycles. The zero-order valence-corrected chi connectivity index (χ0v) is 19.2. The second-order valence-electron chi connectivity index (χ2n) is 6.87. The first-order valence-corrected chi connectivity index (χ1v) is 10.9. The molecule has 0 saturated heterocycles. The van der Waals surface area contributed by atoms with E-state index in [0.717, 1.165) is 15.8 Å². The molecule has 1 amide bonds. The average Bonchev–Trinajstić information content (AvgIpc) is 3.25. The second-order valence-corrected chi connectivity index (χ2v) is 8.16. The molecule has 0 bridgehead atoms. The summed E-state index contributed by atoms with van der Waals surface area (Å²) in [5.41, 5.74) is 2.08. The number of nitrogens with one attached hydrogen (secondary N) is 1. The van der Waals surface area contributed by atoms with E-state index in [0.29, 0.717) is 28.6 Å². The van der Waals surface area contributed by atoms with E-state index in [1.54, 1.807) is 41.3 Å². The zero-order valence-electron chi connectivity index (χ0n) is 16.9. The number of benzene rings is 3. The first kappa shape index (κ1) is 21.9. The number of ether oxygens (including phenoxy) is 2. The van der Waals surface area contributed by atoms with Crippen molar-refractivity contribution >= 4 is 39.1 Å². The normalized spacial score (nSPS) is 10.6. The van der Waals surface area contributed by atoms with Crippen molar-refractivity contribution < 1.29 is 14.3 Å². The summed E-state index contributed by atoms with van der Waals surface area (Å²) in [4.78, 5) is 12.5. The van der Waals surface area contributed by atoms with E-state index < -0.39 is 0 Å². The van der Waals surface area contributed by atoms with Gasteiger partial charge in [-0.1, -0.05) is 41.9 Å². The van der Waals surface area contributed by atoms with Crippen LogP contribution < -0.4 is 14.8 Å². The Bertz CT molecular complexity index is 1210. The summed E-state index contributed by atoms with van der Waals surface area (Å²) in [7, 11) is 0. The van der Waals surface area contributed by atoms with Crippen LogP contribution in [0.25, 0.3) is 0 Å². The first-order valence-electron chi connectivity index (χ1n) is 9.75. The maximum atomic E-state index is 12.5. The van der Waals surface area contributed by atoms with E-state index in [1.165, 1.54) is 0 Å². The standard InChI is InChI=1S/C24H19BrClN3O3/c25-22-6-1-2-7-23(22)31-15-17-8-10-18(11-9-17)24(30)28-20-13-27-29(14-20)16-32-21-5-3-4-19(26)12-21/h1-14H,15-16H2,(H,28,30). The molecule has 162 valence electrons. The van der Waals surface area contributed by atoms with Crippen LogP contribution in [0, 0.1) is 0 Å². The lowest BCUT2D eigenvalue weighted by Gasteiger charge is -2.09. The molecule has 0 aliphatic heterocycles. The fourth-order valence-corrected chi connectivity index (χ4v) is 3.45. The molecule has 1 heterocycles. The first-order chi connectivity index (χ1) is 15.6. The Labute approximate surface area is 198 Å². The molecule has 32 heavy (non-hydrogen) atoms. The Morgan fingerprint density at radius 1 is 1.03 bits per heavy atom. The molecular formula is C24H19BrClN3O3. The number of nitrogens with zero attached hydrogens (tertiary/aromatic N) is 2. The molecule has 0 fully saturated rings. The third kappa shape index (κ3) is 5.90. The van der Waals surface area contributed by atoms with E-state index in [-0.39, 0.29) is 12.6 Å². The van der Waals surface area contributed by atoms with Crippen LogP contribution in [0.4, 0.5) is 5.69 Å². The molecule has 0 aliphatic carbocycles. The van der Waals surface area contributed by atoms with E-state index in [1.807, 2.05) is 48.5 Å². The summed E-state index contributed by atoms with van der Waals surface area (Å²) < 4.78 is 13.9. The number of anilines is 1. The van der Waals surface area contributed by atoms with Crippen LogP contribution in [0.15, 0.2) is 89.7 Å². The average molecular weight is 513 g/mol. The van der Waals surface area contributed by atoms with Gasteiger partial charge in [-0.25, -0.2) is 4.68 Å². The van der Waals surface area contributed by atoms with Crippen LogP contribution in [-0.4, -0.2) is 15.7 Å². The summed E-state index contributed by atoms with van der Waals surface area (Å²) in [5.74, 6) is 1.19. The number of carbonyl (C=O) groups is 1. The molecule has 4 rings (SSSR count). The van der Waals surface area contributed by atoms with E-state index in [4.69, 9.17) is 21.1 Å². The Morgan fingerprint density at radius 2 is 1.84 bits per heavy atom. The Morgan fingerprint density at radius 3 is 2.62 bits per heavy atom. The van der Waals surface area contributed by atoms with Gasteiger partial charge in [0.2, 0.25) is 0 Å². The maximum absolute atomic E-state index is 12.5. The van der Waals surface area contributed by atoms with Gasteiger partial charge in [0, 0.05) is 10.6 Å². The molecule has 4 aromatic rings. The highest BCUT2D eigenvalue weighted by atomic mass is 79.9. The van der Waals surface area contributed by atoms with Gasteiger partial charge in [0.1, 0.15) is 18.1 Å². The van der Waals surface area contributed by atoms with Gasteiger partial charge in [0.05, 0.1) is 22.6 Å². The zero-order chi connectivity index (χ0) is 22.3. The Kier molecular flexibility index (Phi) is 7.09. The second kappa shape index (κ2) is 10.3. The molecule has 1 aromatic heterocycles. The van der Waals surface area contributed by atoms with Crippen molar-refractivity contribution in [1.82, 2.24) is 9.78 Å². The van der Waals surface area contributed by atoms with Gasteiger partial charge in [-0.05, 0) is 64.0 Å². The van der Waals surface area contributed by atoms with Gasteiger partial charge in [-0.15, -0.1) is 0 Å². The number of hydrogen-bond donors (Lipinski definition) is 1. The lowest BCUT2D eigenvalue weighted by molar-refractivity contribution is 0.102. The van der Waals surface area contributed by atoms with E-state index in [2.05, 4.69) is 26.3 Å². The number of aromatic nitrogens is 2. The largest absolute Gasteiger partial charge is 0.488 e. The van der Waals surface area contributed by atoms with Crippen LogP contribution in [0.3, 0.4) is 0 Å². The van der Waals surface area contributed by atoms with Crippen molar-refractivity contribution in [1.29, 1.82) is 0 Å². The summed E-state index contributed by atoms with van der Waals surface area (Å²) in [6, 6.07) is 22.1. The lowest BCUT2D eigenvalue weighted by Crippen LogP contribution is -2.11. The Hall–Kier alpha value is -3.29. The predicted molar refractivity (Wildman–Crippen MR) is 127 cm³/mol. The van der Waals surface area contributed by atoms with Crippen molar-refractivity contribution in [2.24, 2.45) is 0 Å². The highest BCUT2D eigenvalue weighted by molar-refractivity contribution is 9.10. The van der Waals surface area contributed by atoms with Crippen LogP contribution in [-0.2, 0) is 13.3 Å². The number of amides is 1. The van der Waals surface area contributed by atoms with Gasteiger partial charge >= 0.3 is 0 Å². The molecule has 0 unspecified atom stereocenters. The van der Waals surface area contributed by atoms with E-state index in [9.17, 15) is 4.79 Å². The van der Waals surface area contributed by atoms with Gasteiger partial charge in [0.15, 0.2) is 6.73 Å². The number of para-hydroxylation sites is 1. The smallest absolute Gasteiger partial charge is 0.255 e. The van der Waals surface area contributed by atoms with Crippen molar-refractivity contribution in [2.75, 3.05) is 5.32 Å². The minimum Gasteiger partial charge on any atom is -0.488 e. The summed E-state index contributed by atoms with van der Waals surface area (Å²) >= 11 is 9.41. The lowest BCUT2D eigenvalue weighted by atomic mass is 10.1. The molecular weight excluding hydrogens is 494 g/mol. The minimum atomic E-state index is -0.224. The fourth-order valence-electron chi connectivity index (χ4n) is 2.87. The highest BCUT2D eigenvalue weighted by Gasteiger charge is 2.09. The molecule has 0 radical (unpaired) electrons. The number of carbonyl (C=O) groups excluding carboxylic acids is 1. The van der Waals surface area contributed by atoms with Crippen LogP contribution in [0.2, 0.25) is 5.02 Å². The van der Waals surface area contributed by atoms with Gasteiger partial charge in [-0.2, -0.15) is 5.10 Å². The van der Waals surface area contributed by atoms with Gasteiger partial charge in [-0.3, -0.25) is 4.79 Å². The molecule has 8 heteroatoms. The molecule has 0 aliphatic rings.